The third-order valence-electron chi connectivity index (χ3n) is 9.36. The Morgan fingerprint density at radius 3 is 2.40 bits per heavy atom. The first kappa shape index (κ1) is 34.9. The van der Waals surface area contributed by atoms with E-state index in [0.717, 1.165) is 12.8 Å². The minimum absolute atomic E-state index is 0. The maximum Gasteiger partial charge on any atom is 0.410 e. The van der Waals surface area contributed by atoms with Crippen molar-refractivity contribution in [3.8, 4) is 5.75 Å². The van der Waals surface area contributed by atoms with E-state index in [1.165, 1.54) is 4.90 Å². The lowest BCUT2D eigenvalue weighted by Crippen LogP contribution is -2.57. The predicted molar refractivity (Wildman–Crippen MR) is 179 cm³/mol. The number of ether oxygens (including phenoxy) is 4. The Balaban J connectivity index is 0.00000520. The molecular weight excluding hydrogens is 604 g/mol. The van der Waals surface area contributed by atoms with E-state index in [0.29, 0.717) is 69.2 Å². The molecule has 12 nitrogen and oxygen atoms in total. The minimum Gasteiger partial charge on any atom is -0.476 e. The molecule has 47 heavy (non-hydrogen) atoms. The summed E-state index contributed by atoms with van der Waals surface area (Å²) in [5.41, 5.74) is -0.891. The van der Waals surface area contributed by atoms with Crippen molar-refractivity contribution >= 4 is 35.2 Å². The second-order valence-electron chi connectivity index (χ2n) is 15.2. The van der Waals surface area contributed by atoms with Crippen molar-refractivity contribution in [3.63, 3.8) is 0 Å². The molecule has 1 aromatic carbocycles. The zero-order valence-corrected chi connectivity index (χ0v) is 29.1. The molecule has 1 aliphatic carbocycles. The molecule has 0 bridgehead atoms. The monoisotopic (exact) mass is 658 g/mol. The van der Waals surface area contributed by atoms with E-state index in [-0.39, 0.29) is 38.3 Å². The largest absolute Gasteiger partial charge is 0.476 e. The highest BCUT2D eigenvalue weighted by Gasteiger charge is 2.46. The lowest BCUT2D eigenvalue weighted by atomic mass is 9.85. The minimum atomic E-state index is -1.03. The molecule has 3 heterocycles. The summed E-state index contributed by atoms with van der Waals surface area (Å²) in [5, 5.41) is 3.22. The molecule has 0 spiro atoms. The number of hydrogen-bond acceptors (Lipinski definition) is 8. The second kappa shape index (κ2) is 13.6. The molecule has 4 aliphatic rings. The van der Waals surface area contributed by atoms with Crippen LogP contribution in [0.25, 0.3) is 0 Å². The van der Waals surface area contributed by atoms with Crippen molar-refractivity contribution < 1.29 is 39.6 Å². The highest BCUT2D eigenvalue weighted by molar-refractivity contribution is 6.04. The van der Waals surface area contributed by atoms with Gasteiger partial charge in [0, 0.05) is 65.3 Å². The number of anilines is 2. The van der Waals surface area contributed by atoms with Crippen LogP contribution < -0.4 is 19.9 Å². The number of nitrogens with one attached hydrogen (secondary N) is 1. The van der Waals surface area contributed by atoms with Gasteiger partial charge in [-0.25, -0.2) is 4.79 Å². The number of benzene rings is 1. The first-order chi connectivity index (χ1) is 22.1. The molecule has 2 saturated heterocycles. The molecular formula is C35H54N4O8. The number of rotatable bonds is 9. The van der Waals surface area contributed by atoms with Crippen LogP contribution in [0.3, 0.4) is 0 Å². The molecule has 0 radical (unpaired) electrons. The van der Waals surface area contributed by atoms with Gasteiger partial charge in [0.25, 0.3) is 5.91 Å². The molecule has 2 atom stereocenters. The van der Waals surface area contributed by atoms with Crippen LogP contribution >= 0.6 is 0 Å². The summed E-state index contributed by atoms with van der Waals surface area (Å²) in [7, 11) is 1.63. The number of methoxy groups -OCH3 is 1. The summed E-state index contributed by atoms with van der Waals surface area (Å²) in [5.74, 6) is -1.11. The SMILES string of the molecule is COCCCN1C(=O)C(C)(C)Oc2ccc(N(C(=O)[C@@H]3C[C@H](C(=O)NC4(C)CCOCC4)CN(C(=O)OC(C)(C)C)C3)C3CC3)cc21.[HH]. The van der Waals surface area contributed by atoms with Crippen molar-refractivity contribution in [1.29, 1.82) is 0 Å². The molecule has 1 aromatic rings. The third kappa shape index (κ3) is 8.20. The molecule has 3 fully saturated rings. The molecule has 3 aliphatic heterocycles. The van der Waals surface area contributed by atoms with Gasteiger partial charge in [-0.1, -0.05) is 0 Å². The van der Waals surface area contributed by atoms with Gasteiger partial charge in [0.05, 0.1) is 17.5 Å². The zero-order chi connectivity index (χ0) is 34.1. The van der Waals surface area contributed by atoms with E-state index in [2.05, 4.69) is 5.32 Å². The molecule has 0 aromatic heterocycles. The standard InChI is InChI=1S/C35H52N4O8.H2/c1-33(2,3)47-32(43)37-21-23(29(40)36-35(6)13-17-45-18-14-35)19-24(22-37)30(41)39(25-9-10-25)26-11-12-28-27(20-26)38(15-8-16-44-7)31(42)34(4,5)46-28;/h11-12,20,23-25H,8-10,13-19,21-22H2,1-7H3,(H,36,40);1H/t23-,24+;/m0./s1. The number of carbonyl (C=O) groups is 4. The number of nitrogens with zero attached hydrogens (tertiary/aromatic N) is 3. The van der Waals surface area contributed by atoms with Crippen molar-refractivity contribution in [2.75, 3.05) is 56.4 Å². The lowest BCUT2D eigenvalue weighted by Gasteiger charge is -2.41. The first-order valence-corrected chi connectivity index (χ1v) is 17.0. The van der Waals surface area contributed by atoms with E-state index in [9.17, 15) is 19.2 Å². The number of carbonyl (C=O) groups excluding carboxylic acids is 4. The maximum absolute atomic E-state index is 14.6. The Morgan fingerprint density at radius 2 is 1.77 bits per heavy atom. The first-order valence-electron chi connectivity index (χ1n) is 17.0. The van der Waals surface area contributed by atoms with Crippen LogP contribution in [0.4, 0.5) is 16.2 Å². The van der Waals surface area contributed by atoms with E-state index < -0.39 is 34.7 Å². The van der Waals surface area contributed by atoms with Gasteiger partial charge in [0.2, 0.25) is 11.8 Å². The van der Waals surface area contributed by atoms with Gasteiger partial charge in [-0.15, -0.1) is 0 Å². The van der Waals surface area contributed by atoms with Crippen LogP contribution in [0.15, 0.2) is 18.2 Å². The molecule has 1 saturated carbocycles. The highest BCUT2D eigenvalue weighted by atomic mass is 16.6. The molecule has 1 N–H and O–H groups in total. The van der Waals surface area contributed by atoms with E-state index in [4.69, 9.17) is 18.9 Å². The number of piperidine rings is 1. The lowest BCUT2D eigenvalue weighted by molar-refractivity contribution is -0.133. The normalized spacial score (nSPS) is 23.8. The van der Waals surface area contributed by atoms with Crippen LogP contribution in [-0.2, 0) is 28.6 Å². The maximum atomic E-state index is 14.6. The van der Waals surface area contributed by atoms with Gasteiger partial charge in [-0.05, 0) is 98.3 Å². The molecule has 12 heteroatoms. The third-order valence-corrected chi connectivity index (χ3v) is 9.36. The van der Waals surface area contributed by atoms with Crippen molar-refractivity contribution in [2.45, 2.75) is 103 Å². The summed E-state index contributed by atoms with van der Waals surface area (Å²) in [6.45, 7) is 13.3. The Kier molecular flexibility index (Phi) is 10.1. The average Bonchev–Trinajstić information content (AvgIpc) is 3.83. The van der Waals surface area contributed by atoms with Crippen LogP contribution in [0.2, 0.25) is 0 Å². The summed E-state index contributed by atoms with van der Waals surface area (Å²) in [6, 6.07) is 5.53. The van der Waals surface area contributed by atoms with Gasteiger partial charge in [-0.3, -0.25) is 14.4 Å². The van der Waals surface area contributed by atoms with Gasteiger partial charge < -0.3 is 39.0 Å². The average molecular weight is 659 g/mol. The smallest absolute Gasteiger partial charge is 0.410 e. The van der Waals surface area contributed by atoms with Crippen molar-refractivity contribution in [3.05, 3.63) is 18.2 Å². The summed E-state index contributed by atoms with van der Waals surface area (Å²) in [4.78, 5) is 60.1. The predicted octanol–water partition coefficient (Wildman–Crippen LogP) is 4.53. The zero-order valence-electron chi connectivity index (χ0n) is 29.1. The van der Waals surface area contributed by atoms with Crippen LogP contribution in [0.5, 0.6) is 5.75 Å². The molecule has 5 rings (SSSR count). The van der Waals surface area contributed by atoms with E-state index >= 15 is 0 Å². The molecule has 0 unspecified atom stereocenters. The van der Waals surface area contributed by atoms with Gasteiger partial charge in [-0.2, -0.15) is 0 Å². The fourth-order valence-electron chi connectivity index (χ4n) is 6.63. The number of hydrogen-bond donors (Lipinski definition) is 1. The number of amides is 4. The van der Waals surface area contributed by atoms with Gasteiger partial charge in [0.15, 0.2) is 5.60 Å². The molecule has 262 valence electrons. The van der Waals surface area contributed by atoms with E-state index in [1.54, 1.807) is 51.5 Å². The summed E-state index contributed by atoms with van der Waals surface area (Å²) < 4.78 is 22.6. The van der Waals surface area contributed by atoms with Gasteiger partial charge >= 0.3 is 6.09 Å². The Morgan fingerprint density at radius 1 is 1.09 bits per heavy atom. The van der Waals surface area contributed by atoms with Crippen molar-refractivity contribution in [1.82, 2.24) is 10.2 Å². The fraction of sp³-hybridized carbons (Fsp3) is 0.714. The number of likely N-dealkylation sites (tertiary alicyclic amines) is 1. The summed E-state index contributed by atoms with van der Waals surface area (Å²) >= 11 is 0. The fourth-order valence-corrected chi connectivity index (χ4v) is 6.63. The van der Waals surface area contributed by atoms with Gasteiger partial charge in [0.1, 0.15) is 11.4 Å². The Labute approximate surface area is 279 Å². The second-order valence-corrected chi connectivity index (χ2v) is 15.2. The van der Waals surface area contributed by atoms with E-state index in [1.807, 2.05) is 25.1 Å². The van der Waals surface area contributed by atoms with Crippen LogP contribution in [0.1, 0.15) is 81.5 Å². The summed E-state index contributed by atoms with van der Waals surface area (Å²) in [6.07, 6.45) is 3.49. The Bertz CT molecular complexity index is 1350. The van der Waals surface area contributed by atoms with Crippen molar-refractivity contribution in [2.24, 2.45) is 11.8 Å². The Hall–Kier alpha value is -3.38. The topological polar surface area (TPSA) is 127 Å². The quantitative estimate of drug-likeness (QED) is 0.384. The molecule has 4 amide bonds. The van der Waals surface area contributed by atoms with Crippen LogP contribution in [0, 0.1) is 11.8 Å². The highest BCUT2D eigenvalue weighted by Crippen LogP contribution is 2.43. The van der Waals surface area contributed by atoms with Crippen LogP contribution in [-0.4, -0.2) is 98.1 Å². The number of fused-ring (bicyclic) bond motifs is 1.